The van der Waals surface area contributed by atoms with Gasteiger partial charge in [0.15, 0.2) is 5.78 Å². The van der Waals surface area contributed by atoms with Gasteiger partial charge in [-0.3, -0.25) is 9.59 Å². The van der Waals surface area contributed by atoms with Crippen molar-refractivity contribution in [2.75, 3.05) is 5.32 Å². The van der Waals surface area contributed by atoms with Crippen molar-refractivity contribution >= 4 is 17.4 Å². The number of Topliss-reactive ketones (excluding diaryl/α,β-unsaturated/α-hetero) is 1. The Bertz CT molecular complexity index is 456. The van der Waals surface area contributed by atoms with Crippen LogP contribution in [0.3, 0.4) is 0 Å². The van der Waals surface area contributed by atoms with E-state index in [1.54, 1.807) is 12.1 Å². The predicted octanol–water partition coefficient (Wildman–Crippen LogP) is 3.15. The first-order valence-electron chi connectivity index (χ1n) is 5.65. The SMILES string of the molecule is CC(=O)Nc1cc(C(C)=O)ccc1C(C)(C)C. The van der Waals surface area contributed by atoms with Crippen molar-refractivity contribution in [2.24, 2.45) is 0 Å². The summed E-state index contributed by atoms with van der Waals surface area (Å²) in [6.07, 6.45) is 0. The van der Waals surface area contributed by atoms with Gasteiger partial charge in [0, 0.05) is 18.2 Å². The number of amides is 1. The molecule has 1 N–H and O–H groups in total. The Hall–Kier alpha value is -1.64. The number of hydrogen-bond donors (Lipinski definition) is 1. The molecule has 3 nitrogen and oxygen atoms in total. The molecule has 17 heavy (non-hydrogen) atoms. The molecule has 1 rings (SSSR count). The maximum absolute atomic E-state index is 11.3. The second-order valence-corrected chi connectivity index (χ2v) is 5.25. The average Bonchev–Trinajstić information content (AvgIpc) is 2.14. The summed E-state index contributed by atoms with van der Waals surface area (Å²) in [5.41, 5.74) is 2.28. The number of nitrogens with one attached hydrogen (secondary N) is 1. The summed E-state index contributed by atoms with van der Waals surface area (Å²) in [5, 5.41) is 2.78. The van der Waals surface area contributed by atoms with Crippen molar-refractivity contribution in [1.29, 1.82) is 0 Å². The number of anilines is 1. The number of benzene rings is 1. The van der Waals surface area contributed by atoms with Crippen LogP contribution in [0.5, 0.6) is 0 Å². The highest BCUT2D eigenvalue weighted by molar-refractivity contribution is 5.97. The van der Waals surface area contributed by atoms with E-state index >= 15 is 0 Å². The van der Waals surface area contributed by atoms with Crippen LogP contribution in [0.2, 0.25) is 0 Å². The lowest BCUT2D eigenvalue weighted by Gasteiger charge is -2.23. The maximum atomic E-state index is 11.3. The van der Waals surface area contributed by atoms with Gasteiger partial charge < -0.3 is 5.32 Å². The molecule has 0 atom stereocenters. The van der Waals surface area contributed by atoms with Crippen molar-refractivity contribution in [3.63, 3.8) is 0 Å². The Balaban J connectivity index is 3.31. The highest BCUT2D eigenvalue weighted by Crippen LogP contribution is 2.30. The zero-order valence-corrected chi connectivity index (χ0v) is 11.0. The highest BCUT2D eigenvalue weighted by Gasteiger charge is 2.19. The number of rotatable bonds is 2. The molecular weight excluding hydrogens is 214 g/mol. The van der Waals surface area contributed by atoms with E-state index in [4.69, 9.17) is 0 Å². The molecule has 1 aromatic carbocycles. The van der Waals surface area contributed by atoms with E-state index in [0.29, 0.717) is 5.56 Å². The third kappa shape index (κ3) is 3.41. The maximum Gasteiger partial charge on any atom is 0.221 e. The van der Waals surface area contributed by atoms with Gasteiger partial charge in [-0.05, 0) is 24.0 Å². The standard InChI is InChI=1S/C14H19NO2/c1-9(16)11-6-7-12(14(3,4)5)13(8-11)15-10(2)17/h6-8H,1-5H3,(H,15,17). The minimum absolute atomic E-state index is 0.00272. The third-order valence-electron chi connectivity index (χ3n) is 2.54. The largest absolute Gasteiger partial charge is 0.326 e. The van der Waals surface area contributed by atoms with E-state index in [9.17, 15) is 9.59 Å². The molecule has 1 aromatic rings. The molecule has 0 spiro atoms. The lowest BCUT2D eigenvalue weighted by Crippen LogP contribution is -2.17. The molecule has 0 aliphatic heterocycles. The first-order valence-corrected chi connectivity index (χ1v) is 5.65. The van der Waals surface area contributed by atoms with Crippen LogP contribution in [0.25, 0.3) is 0 Å². The summed E-state index contributed by atoms with van der Waals surface area (Å²) in [5.74, 6) is -0.131. The molecule has 0 unspecified atom stereocenters. The highest BCUT2D eigenvalue weighted by atomic mass is 16.1. The molecule has 0 saturated heterocycles. The fourth-order valence-electron chi connectivity index (χ4n) is 1.71. The lowest BCUT2D eigenvalue weighted by atomic mass is 9.85. The van der Waals surface area contributed by atoms with Crippen LogP contribution in [0.15, 0.2) is 18.2 Å². The Morgan fingerprint density at radius 3 is 2.12 bits per heavy atom. The Morgan fingerprint density at radius 1 is 1.12 bits per heavy atom. The van der Waals surface area contributed by atoms with Crippen LogP contribution in [0, 0.1) is 0 Å². The second-order valence-electron chi connectivity index (χ2n) is 5.25. The Labute approximate surface area is 102 Å². The summed E-state index contributed by atoms with van der Waals surface area (Å²) in [6.45, 7) is 9.19. The van der Waals surface area contributed by atoms with Gasteiger partial charge in [-0.1, -0.05) is 32.9 Å². The molecule has 0 radical (unpaired) electrons. The lowest BCUT2D eigenvalue weighted by molar-refractivity contribution is -0.114. The van der Waals surface area contributed by atoms with E-state index in [0.717, 1.165) is 11.3 Å². The van der Waals surface area contributed by atoms with Crippen molar-refractivity contribution in [2.45, 2.75) is 40.0 Å². The van der Waals surface area contributed by atoms with Crippen LogP contribution in [0.4, 0.5) is 5.69 Å². The van der Waals surface area contributed by atoms with Gasteiger partial charge in [-0.25, -0.2) is 0 Å². The molecule has 0 aliphatic carbocycles. The van der Waals surface area contributed by atoms with Crippen LogP contribution in [-0.4, -0.2) is 11.7 Å². The van der Waals surface area contributed by atoms with Crippen molar-refractivity contribution in [3.05, 3.63) is 29.3 Å². The minimum Gasteiger partial charge on any atom is -0.326 e. The summed E-state index contributed by atoms with van der Waals surface area (Å²) in [7, 11) is 0. The van der Waals surface area contributed by atoms with Gasteiger partial charge >= 0.3 is 0 Å². The zero-order valence-electron chi connectivity index (χ0n) is 11.0. The number of carbonyl (C=O) groups is 2. The molecule has 0 fully saturated rings. The topological polar surface area (TPSA) is 46.2 Å². The molecule has 1 amide bonds. The summed E-state index contributed by atoms with van der Waals surface area (Å²) >= 11 is 0. The van der Waals surface area contributed by atoms with Crippen LogP contribution < -0.4 is 5.32 Å². The van der Waals surface area contributed by atoms with Crippen molar-refractivity contribution in [1.82, 2.24) is 0 Å². The van der Waals surface area contributed by atoms with E-state index < -0.39 is 0 Å². The molecule has 0 aromatic heterocycles. The monoisotopic (exact) mass is 233 g/mol. The predicted molar refractivity (Wildman–Crippen MR) is 69.5 cm³/mol. The fourth-order valence-corrected chi connectivity index (χ4v) is 1.71. The number of ketones is 1. The zero-order chi connectivity index (χ0) is 13.2. The van der Waals surface area contributed by atoms with E-state index in [1.807, 2.05) is 6.07 Å². The number of hydrogen-bond acceptors (Lipinski definition) is 2. The van der Waals surface area contributed by atoms with E-state index in [-0.39, 0.29) is 17.1 Å². The summed E-state index contributed by atoms with van der Waals surface area (Å²) in [6, 6.07) is 5.44. The van der Waals surface area contributed by atoms with Crippen LogP contribution >= 0.6 is 0 Å². The molecule has 3 heteroatoms. The first kappa shape index (κ1) is 13.4. The molecule has 0 heterocycles. The molecule has 0 aliphatic rings. The van der Waals surface area contributed by atoms with Gasteiger partial charge in [-0.2, -0.15) is 0 Å². The van der Waals surface area contributed by atoms with Crippen molar-refractivity contribution < 1.29 is 9.59 Å². The molecule has 0 bridgehead atoms. The van der Waals surface area contributed by atoms with Gasteiger partial charge in [0.25, 0.3) is 0 Å². The Kier molecular flexibility index (Phi) is 3.71. The molecule has 92 valence electrons. The van der Waals surface area contributed by atoms with Crippen LogP contribution in [0.1, 0.15) is 50.5 Å². The second kappa shape index (κ2) is 4.70. The average molecular weight is 233 g/mol. The van der Waals surface area contributed by atoms with Crippen molar-refractivity contribution in [3.8, 4) is 0 Å². The van der Waals surface area contributed by atoms with E-state index in [1.165, 1.54) is 13.8 Å². The third-order valence-corrected chi connectivity index (χ3v) is 2.54. The minimum atomic E-state index is -0.129. The number of carbonyl (C=O) groups excluding carboxylic acids is 2. The Morgan fingerprint density at radius 2 is 1.71 bits per heavy atom. The molecular formula is C14H19NO2. The van der Waals surface area contributed by atoms with Gasteiger partial charge in [0.05, 0.1) is 0 Å². The van der Waals surface area contributed by atoms with E-state index in [2.05, 4.69) is 26.1 Å². The van der Waals surface area contributed by atoms with Gasteiger partial charge in [-0.15, -0.1) is 0 Å². The first-order chi connectivity index (χ1) is 7.71. The summed E-state index contributed by atoms with van der Waals surface area (Å²) < 4.78 is 0. The van der Waals surface area contributed by atoms with Crippen LogP contribution in [-0.2, 0) is 10.2 Å². The smallest absolute Gasteiger partial charge is 0.221 e. The summed E-state index contributed by atoms with van der Waals surface area (Å²) in [4.78, 5) is 22.5. The quantitative estimate of drug-likeness (QED) is 0.798. The molecule has 0 saturated carbocycles. The fraction of sp³-hybridized carbons (Fsp3) is 0.429. The normalized spacial score (nSPS) is 11.1. The van der Waals surface area contributed by atoms with Gasteiger partial charge in [0.1, 0.15) is 0 Å². The van der Waals surface area contributed by atoms with Gasteiger partial charge in [0.2, 0.25) is 5.91 Å².